The fourth-order valence-electron chi connectivity index (χ4n) is 4.77. The van der Waals surface area contributed by atoms with Gasteiger partial charge in [-0.1, -0.05) is 55.2 Å². The van der Waals surface area contributed by atoms with E-state index in [2.05, 4.69) is 10.0 Å². The minimum atomic E-state index is -4.04. The summed E-state index contributed by atoms with van der Waals surface area (Å²) in [5.41, 5.74) is 0. The Morgan fingerprint density at radius 1 is 1.07 bits per heavy atom. The normalized spacial score (nSPS) is 16.7. The molecule has 0 aliphatic carbocycles. The minimum Gasteiger partial charge on any atom is -0.340 e. The first-order chi connectivity index (χ1) is 19.4. The molecule has 0 spiro atoms. The number of amides is 3. The number of halogens is 2. The van der Waals surface area contributed by atoms with Gasteiger partial charge in [-0.05, 0) is 55.0 Å². The highest BCUT2D eigenvalue weighted by Gasteiger charge is 2.35. The van der Waals surface area contributed by atoms with Crippen LogP contribution in [0.2, 0.25) is 10.0 Å². The molecule has 13 heteroatoms. The Hall–Kier alpha value is -2.70. The molecule has 9 nitrogen and oxygen atoms in total. The van der Waals surface area contributed by atoms with E-state index in [1.807, 2.05) is 51.1 Å². The summed E-state index contributed by atoms with van der Waals surface area (Å²) >= 11 is 13.3. The third kappa shape index (κ3) is 7.58. The summed E-state index contributed by atoms with van der Waals surface area (Å²) in [5, 5.41) is 4.16. The Morgan fingerprint density at radius 3 is 2.46 bits per heavy atom. The molecule has 1 aliphatic rings. The van der Waals surface area contributed by atoms with E-state index in [1.165, 1.54) is 34.4 Å². The van der Waals surface area contributed by atoms with Crippen LogP contribution < -0.4 is 10.0 Å². The Balaban J connectivity index is 1.37. The van der Waals surface area contributed by atoms with Gasteiger partial charge in [0.1, 0.15) is 10.9 Å². The van der Waals surface area contributed by atoms with E-state index < -0.39 is 28.5 Å². The second kappa shape index (κ2) is 13.1. The molecule has 220 valence electrons. The van der Waals surface area contributed by atoms with Crippen molar-refractivity contribution in [1.82, 2.24) is 19.8 Å². The molecule has 1 saturated heterocycles. The second-order valence-electron chi connectivity index (χ2n) is 10.4. The number of nitrogens with zero attached hydrogens (tertiary/aromatic N) is 2. The molecule has 0 unspecified atom stereocenters. The first-order valence-electron chi connectivity index (χ1n) is 13.2. The SMILES string of the molecule is CC(C)C[C@H](NC(=O)c1cc2ccccc2s1)C(=O)N1CCN(C(=O)CNS(=O)(=O)c2ccc(Cl)cc2Cl)C[C@H]1C. The average Bonchev–Trinajstić information content (AvgIpc) is 3.35. The van der Waals surface area contributed by atoms with Crippen LogP contribution >= 0.6 is 34.5 Å². The number of nitrogens with one attached hydrogen (secondary N) is 2. The Morgan fingerprint density at radius 2 is 1.80 bits per heavy atom. The molecule has 2 N–H and O–H groups in total. The standard InChI is InChI=1S/C28H32Cl2N4O5S2/c1-17(2)12-22(32-27(36)24-13-19-6-4-5-7-23(19)40-24)28(37)34-11-10-33(16-18(34)3)26(35)15-31-41(38,39)25-9-8-20(29)14-21(25)30/h4-9,13-14,17-18,22,31H,10-12,15-16H2,1-3H3,(H,32,36)/t18-,22+/m1/s1. The number of carbonyl (C=O) groups is 3. The van der Waals surface area contributed by atoms with Crippen LogP contribution in [0.5, 0.6) is 0 Å². The van der Waals surface area contributed by atoms with Crippen molar-refractivity contribution in [3.8, 4) is 0 Å². The van der Waals surface area contributed by atoms with Crippen molar-refractivity contribution in [2.75, 3.05) is 26.2 Å². The highest BCUT2D eigenvalue weighted by Crippen LogP contribution is 2.26. The Bertz CT molecular complexity index is 1530. The predicted octanol–water partition coefficient (Wildman–Crippen LogP) is 4.39. The summed E-state index contributed by atoms with van der Waals surface area (Å²) < 4.78 is 28.6. The number of rotatable bonds is 9. The van der Waals surface area contributed by atoms with Crippen molar-refractivity contribution in [3.63, 3.8) is 0 Å². The summed E-state index contributed by atoms with van der Waals surface area (Å²) in [6.45, 7) is 6.07. The molecule has 1 aliphatic heterocycles. The van der Waals surface area contributed by atoms with Crippen LogP contribution in [0.4, 0.5) is 0 Å². The van der Waals surface area contributed by atoms with Gasteiger partial charge in [-0.25, -0.2) is 13.1 Å². The fraction of sp³-hybridized carbons (Fsp3) is 0.393. The quantitative estimate of drug-likeness (QED) is 0.361. The van der Waals surface area contributed by atoms with Crippen molar-refractivity contribution in [2.24, 2.45) is 5.92 Å². The van der Waals surface area contributed by atoms with Crippen LogP contribution in [-0.4, -0.2) is 74.2 Å². The predicted molar refractivity (Wildman–Crippen MR) is 162 cm³/mol. The van der Waals surface area contributed by atoms with Crippen molar-refractivity contribution in [3.05, 3.63) is 63.5 Å². The Kier molecular flexibility index (Phi) is 9.97. The highest BCUT2D eigenvalue weighted by atomic mass is 35.5. The third-order valence-electron chi connectivity index (χ3n) is 6.82. The van der Waals surface area contributed by atoms with Crippen LogP contribution in [0.25, 0.3) is 10.1 Å². The molecule has 2 aromatic carbocycles. The van der Waals surface area contributed by atoms with Gasteiger partial charge in [-0.3, -0.25) is 14.4 Å². The monoisotopic (exact) mass is 638 g/mol. The van der Waals surface area contributed by atoms with E-state index in [-0.39, 0.29) is 53.3 Å². The molecule has 0 bridgehead atoms. The minimum absolute atomic E-state index is 0.0476. The number of benzene rings is 2. The number of hydrogen-bond acceptors (Lipinski definition) is 6. The molecule has 0 radical (unpaired) electrons. The number of sulfonamides is 1. The highest BCUT2D eigenvalue weighted by molar-refractivity contribution is 7.89. The van der Waals surface area contributed by atoms with Gasteiger partial charge < -0.3 is 15.1 Å². The third-order valence-corrected chi connectivity index (χ3v) is 10.1. The van der Waals surface area contributed by atoms with Crippen LogP contribution in [0, 0.1) is 5.92 Å². The van der Waals surface area contributed by atoms with E-state index in [0.29, 0.717) is 16.3 Å². The lowest BCUT2D eigenvalue weighted by molar-refractivity contribution is -0.143. The van der Waals surface area contributed by atoms with Gasteiger partial charge in [0.2, 0.25) is 21.8 Å². The maximum atomic E-state index is 13.6. The molecule has 2 heterocycles. The zero-order valence-electron chi connectivity index (χ0n) is 22.9. The van der Waals surface area contributed by atoms with Crippen LogP contribution in [0.15, 0.2) is 53.4 Å². The lowest BCUT2D eigenvalue weighted by Crippen LogP contribution is -2.60. The molecule has 2 atom stereocenters. The van der Waals surface area contributed by atoms with Gasteiger partial charge in [0.25, 0.3) is 5.91 Å². The van der Waals surface area contributed by atoms with E-state index in [9.17, 15) is 22.8 Å². The molecule has 4 rings (SSSR count). The molecular formula is C28H32Cl2N4O5S2. The number of thiophene rings is 1. The maximum absolute atomic E-state index is 13.6. The van der Waals surface area contributed by atoms with Gasteiger partial charge in [0.05, 0.1) is 16.4 Å². The molecule has 1 fully saturated rings. The first-order valence-corrected chi connectivity index (χ1v) is 16.2. The summed E-state index contributed by atoms with van der Waals surface area (Å²) in [6.07, 6.45) is 0.469. The van der Waals surface area contributed by atoms with Crippen LogP contribution in [0.1, 0.15) is 36.9 Å². The van der Waals surface area contributed by atoms with E-state index in [1.54, 1.807) is 4.90 Å². The molecule has 3 amide bonds. The van der Waals surface area contributed by atoms with E-state index in [4.69, 9.17) is 23.2 Å². The molecular weight excluding hydrogens is 607 g/mol. The first kappa shape index (κ1) is 31.2. The summed E-state index contributed by atoms with van der Waals surface area (Å²) in [4.78, 5) is 43.2. The molecule has 3 aromatic rings. The van der Waals surface area contributed by atoms with Crippen LogP contribution in [-0.2, 0) is 19.6 Å². The molecule has 0 saturated carbocycles. The fourth-order valence-corrected chi connectivity index (χ4v) is 7.48. The number of fused-ring (bicyclic) bond motifs is 1. The average molecular weight is 640 g/mol. The lowest BCUT2D eigenvalue weighted by atomic mass is 10.0. The lowest BCUT2D eigenvalue weighted by Gasteiger charge is -2.41. The van der Waals surface area contributed by atoms with Gasteiger partial charge in [-0.2, -0.15) is 0 Å². The van der Waals surface area contributed by atoms with Gasteiger partial charge in [-0.15, -0.1) is 11.3 Å². The van der Waals surface area contributed by atoms with Crippen LogP contribution in [0.3, 0.4) is 0 Å². The largest absolute Gasteiger partial charge is 0.340 e. The summed E-state index contributed by atoms with van der Waals surface area (Å²) in [5.74, 6) is -0.757. The van der Waals surface area contributed by atoms with E-state index in [0.717, 1.165) is 10.1 Å². The van der Waals surface area contributed by atoms with Gasteiger partial charge in [0.15, 0.2) is 0 Å². The second-order valence-corrected chi connectivity index (χ2v) is 14.1. The van der Waals surface area contributed by atoms with E-state index >= 15 is 0 Å². The van der Waals surface area contributed by atoms with Crippen molar-refractivity contribution >= 4 is 72.4 Å². The van der Waals surface area contributed by atoms with Crippen molar-refractivity contribution in [1.29, 1.82) is 0 Å². The zero-order valence-corrected chi connectivity index (χ0v) is 26.0. The number of carbonyl (C=O) groups excluding carboxylic acids is 3. The van der Waals surface area contributed by atoms with Gasteiger partial charge >= 0.3 is 0 Å². The van der Waals surface area contributed by atoms with Crippen molar-refractivity contribution < 1.29 is 22.8 Å². The molecule has 41 heavy (non-hydrogen) atoms. The molecule has 1 aromatic heterocycles. The zero-order chi connectivity index (χ0) is 29.9. The van der Waals surface area contributed by atoms with Gasteiger partial charge in [0, 0.05) is 35.4 Å². The van der Waals surface area contributed by atoms with Crippen molar-refractivity contribution in [2.45, 2.75) is 44.2 Å². The Labute approximate surface area is 253 Å². The smallest absolute Gasteiger partial charge is 0.262 e. The maximum Gasteiger partial charge on any atom is 0.262 e. The topological polar surface area (TPSA) is 116 Å². The number of hydrogen-bond donors (Lipinski definition) is 2. The summed E-state index contributed by atoms with van der Waals surface area (Å²) in [6, 6.07) is 12.5. The summed E-state index contributed by atoms with van der Waals surface area (Å²) in [7, 11) is -4.04. The number of piperazine rings is 1.